The lowest BCUT2D eigenvalue weighted by molar-refractivity contribution is 0.138. The molecule has 0 aliphatic carbocycles. The van der Waals surface area contributed by atoms with Crippen LogP contribution in [0.3, 0.4) is 0 Å². The maximum absolute atomic E-state index is 2.67. The lowest BCUT2D eigenvalue weighted by atomic mass is 10.0. The van der Waals surface area contributed by atoms with E-state index >= 15 is 0 Å². The predicted octanol–water partition coefficient (Wildman–Crippen LogP) is 15.1. The van der Waals surface area contributed by atoms with Gasteiger partial charge in [-0.1, -0.05) is 226 Å². The van der Waals surface area contributed by atoms with Crippen molar-refractivity contribution < 1.29 is 0 Å². The highest BCUT2D eigenvalue weighted by Gasteiger charge is 2.24. The quantitative estimate of drug-likeness (QED) is 0.0630. The van der Waals surface area contributed by atoms with E-state index in [0.717, 1.165) is 0 Å². The molecule has 0 saturated carbocycles. The summed E-state index contributed by atoms with van der Waals surface area (Å²) < 4.78 is 0. The van der Waals surface area contributed by atoms with E-state index in [0.29, 0.717) is 6.17 Å². The van der Waals surface area contributed by atoms with Crippen LogP contribution in [0, 0.1) is 0 Å². The van der Waals surface area contributed by atoms with Crippen LogP contribution in [0.1, 0.15) is 245 Å². The molecule has 0 radical (unpaired) electrons. The van der Waals surface area contributed by atoms with Crippen molar-refractivity contribution >= 4 is 0 Å². The number of hydrogen-bond donors (Lipinski definition) is 0. The standard InChI is InChI=1S/C43H86N2/c1-4-7-9-11-13-15-17-19-21-23-25-27-29-31-33-35-37-40-45-42-41-44(43(45)38-6-3)39-36-34-32-30-28-26-24-22-20-18-16-14-12-10-8-5-2/h41-43H,4-40H2,1-3H3. The van der Waals surface area contributed by atoms with Crippen LogP contribution in [0.25, 0.3) is 0 Å². The summed E-state index contributed by atoms with van der Waals surface area (Å²) >= 11 is 0. The Morgan fingerprint density at radius 2 is 0.511 bits per heavy atom. The fraction of sp³-hybridized carbons (Fsp3) is 0.953. The average Bonchev–Trinajstić information content (AvgIpc) is 3.43. The van der Waals surface area contributed by atoms with Gasteiger partial charge in [0.15, 0.2) is 0 Å². The van der Waals surface area contributed by atoms with Gasteiger partial charge in [0, 0.05) is 25.5 Å². The number of unbranched alkanes of at least 4 members (excludes halogenated alkanes) is 31. The third-order valence-electron chi connectivity index (χ3n) is 10.6. The Morgan fingerprint density at radius 3 is 0.733 bits per heavy atom. The molecule has 0 bridgehead atoms. The summed E-state index contributed by atoms with van der Waals surface area (Å²) in [5.74, 6) is 0. The van der Waals surface area contributed by atoms with E-state index < -0.39 is 0 Å². The summed E-state index contributed by atoms with van der Waals surface area (Å²) in [5.41, 5.74) is 0. The van der Waals surface area contributed by atoms with Crippen LogP contribution < -0.4 is 0 Å². The number of hydrogen-bond acceptors (Lipinski definition) is 2. The molecule has 45 heavy (non-hydrogen) atoms. The van der Waals surface area contributed by atoms with Gasteiger partial charge < -0.3 is 9.80 Å². The molecular formula is C43H86N2. The van der Waals surface area contributed by atoms with Gasteiger partial charge in [-0.2, -0.15) is 0 Å². The zero-order valence-corrected chi connectivity index (χ0v) is 31.8. The molecule has 2 heteroatoms. The molecule has 0 aromatic carbocycles. The van der Waals surface area contributed by atoms with Crippen molar-refractivity contribution in [3.05, 3.63) is 12.4 Å². The smallest absolute Gasteiger partial charge is 0.101 e. The van der Waals surface area contributed by atoms with E-state index in [4.69, 9.17) is 0 Å². The third-order valence-corrected chi connectivity index (χ3v) is 10.6. The molecule has 0 N–H and O–H groups in total. The first-order valence-corrected chi connectivity index (χ1v) is 21.5. The Hall–Kier alpha value is -0.660. The predicted molar refractivity (Wildman–Crippen MR) is 205 cm³/mol. The summed E-state index contributed by atoms with van der Waals surface area (Å²) in [6.07, 6.45) is 56.0. The maximum atomic E-state index is 2.67. The number of rotatable bonds is 37. The second kappa shape index (κ2) is 34.7. The molecule has 268 valence electrons. The first kappa shape index (κ1) is 42.4. The highest BCUT2D eigenvalue weighted by atomic mass is 15.4. The van der Waals surface area contributed by atoms with Crippen LogP contribution in [0.4, 0.5) is 0 Å². The van der Waals surface area contributed by atoms with Crippen molar-refractivity contribution in [1.29, 1.82) is 0 Å². The highest BCUT2D eigenvalue weighted by Crippen LogP contribution is 2.23. The van der Waals surface area contributed by atoms with Gasteiger partial charge in [0.1, 0.15) is 6.17 Å². The normalized spacial score (nSPS) is 14.8. The van der Waals surface area contributed by atoms with Gasteiger partial charge in [-0.25, -0.2) is 0 Å². The summed E-state index contributed by atoms with van der Waals surface area (Å²) in [7, 11) is 0. The molecule has 0 saturated heterocycles. The molecule has 0 aromatic rings. The first-order chi connectivity index (χ1) is 22.3. The monoisotopic (exact) mass is 631 g/mol. The van der Waals surface area contributed by atoms with Crippen molar-refractivity contribution in [3.8, 4) is 0 Å². The summed E-state index contributed by atoms with van der Waals surface area (Å²) in [5, 5.41) is 0. The van der Waals surface area contributed by atoms with Crippen molar-refractivity contribution in [2.75, 3.05) is 13.1 Å². The summed E-state index contributed by atoms with van der Waals surface area (Å²) in [6.45, 7) is 9.50. The van der Waals surface area contributed by atoms with Gasteiger partial charge in [0.05, 0.1) is 0 Å². The SMILES string of the molecule is CCCCCCCCCCCCCCCCCCCN1C=CN(CCCCCCCCCCCCCCCCCC)C1CCC. The molecule has 1 rings (SSSR count). The number of nitrogens with zero attached hydrogens (tertiary/aromatic N) is 2. The average molecular weight is 631 g/mol. The van der Waals surface area contributed by atoms with E-state index in [1.54, 1.807) is 0 Å². The molecule has 2 nitrogen and oxygen atoms in total. The molecule has 1 unspecified atom stereocenters. The Kier molecular flexibility index (Phi) is 32.6. The molecule has 1 heterocycles. The van der Waals surface area contributed by atoms with Gasteiger partial charge in [-0.05, 0) is 19.3 Å². The van der Waals surface area contributed by atoms with Crippen molar-refractivity contribution in [3.63, 3.8) is 0 Å². The molecule has 0 fully saturated rings. The second-order valence-electron chi connectivity index (χ2n) is 15.0. The Balaban J connectivity index is 1.90. The molecule has 0 spiro atoms. The fourth-order valence-electron chi connectivity index (χ4n) is 7.46. The molecule has 1 aliphatic heterocycles. The topological polar surface area (TPSA) is 6.48 Å². The third kappa shape index (κ3) is 27.0. The minimum Gasteiger partial charge on any atom is -0.356 e. The molecule has 1 atom stereocenters. The fourth-order valence-corrected chi connectivity index (χ4v) is 7.46. The largest absolute Gasteiger partial charge is 0.356 e. The van der Waals surface area contributed by atoms with Crippen LogP contribution in [0.5, 0.6) is 0 Å². The van der Waals surface area contributed by atoms with Crippen LogP contribution in [-0.2, 0) is 0 Å². The summed E-state index contributed by atoms with van der Waals surface area (Å²) in [4.78, 5) is 5.34. The Labute approximate surface area is 286 Å². The molecular weight excluding hydrogens is 544 g/mol. The minimum atomic E-state index is 0.632. The van der Waals surface area contributed by atoms with Crippen molar-refractivity contribution in [2.24, 2.45) is 0 Å². The zero-order valence-electron chi connectivity index (χ0n) is 31.8. The maximum Gasteiger partial charge on any atom is 0.101 e. The lowest BCUT2D eigenvalue weighted by Crippen LogP contribution is -2.39. The van der Waals surface area contributed by atoms with Gasteiger partial charge in [0.25, 0.3) is 0 Å². The van der Waals surface area contributed by atoms with E-state index in [1.165, 1.54) is 238 Å². The zero-order chi connectivity index (χ0) is 32.3. The van der Waals surface area contributed by atoms with E-state index in [1.807, 2.05) is 0 Å². The molecule has 0 amide bonds. The van der Waals surface area contributed by atoms with Gasteiger partial charge in [-0.3, -0.25) is 0 Å². The molecule has 0 aromatic heterocycles. The Morgan fingerprint density at radius 1 is 0.289 bits per heavy atom. The lowest BCUT2D eigenvalue weighted by Gasteiger charge is -2.33. The van der Waals surface area contributed by atoms with Gasteiger partial charge >= 0.3 is 0 Å². The van der Waals surface area contributed by atoms with Gasteiger partial charge in [0.2, 0.25) is 0 Å². The van der Waals surface area contributed by atoms with Crippen LogP contribution >= 0.6 is 0 Å². The first-order valence-electron chi connectivity index (χ1n) is 21.5. The second-order valence-corrected chi connectivity index (χ2v) is 15.0. The van der Waals surface area contributed by atoms with Crippen molar-refractivity contribution in [1.82, 2.24) is 9.80 Å². The van der Waals surface area contributed by atoms with E-state index in [9.17, 15) is 0 Å². The molecule has 1 aliphatic rings. The van der Waals surface area contributed by atoms with Crippen LogP contribution in [0.2, 0.25) is 0 Å². The van der Waals surface area contributed by atoms with Crippen LogP contribution in [-0.4, -0.2) is 29.1 Å². The minimum absolute atomic E-state index is 0.632. The highest BCUT2D eigenvalue weighted by molar-refractivity contribution is 4.96. The van der Waals surface area contributed by atoms with Crippen LogP contribution in [0.15, 0.2) is 12.4 Å². The van der Waals surface area contributed by atoms with Gasteiger partial charge in [-0.15, -0.1) is 0 Å². The van der Waals surface area contributed by atoms with E-state index in [-0.39, 0.29) is 0 Å². The van der Waals surface area contributed by atoms with E-state index in [2.05, 4.69) is 43.0 Å². The summed E-state index contributed by atoms with van der Waals surface area (Å²) in [6, 6.07) is 0. The van der Waals surface area contributed by atoms with Crippen molar-refractivity contribution in [2.45, 2.75) is 252 Å². The Bertz CT molecular complexity index is 586.